The van der Waals surface area contributed by atoms with Gasteiger partial charge in [0.25, 0.3) is 0 Å². The summed E-state index contributed by atoms with van der Waals surface area (Å²) < 4.78 is 18.0. The zero-order valence-corrected chi connectivity index (χ0v) is 19.0. The number of nitrogens with zero attached hydrogens (tertiary/aromatic N) is 1. The van der Waals surface area contributed by atoms with Crippen molar-refractivity contribution in [2.75, 3.05) is 13.6 Å². The molecule has 1 fully saturated rings. The third kappa shape index (κ3) is 5.29. The molecule has 6 heteroatoms. The van der Waals surface area contributed by atoms with E-state index in [0.717, 1.165) is 5.56 Å². The van der Waals surface area contributed by atoms with E-state index < -0.39 is 5.60 Å². The first kappa shape index (κ1) is 22.8. The van der Waals surface area contributed by atoms with E-state index in [1.54, 1.807) is 11.9 Å². The van der Waals surface area contributed by atoms with Crippen LogP contribution in [0.4, 0.5) is 4.79 Å². The quantitative estimate of drug-likeness (QED) is 0.672. The second kappa shape index (κ2) is 7.71. The second-order valence-electron chi connectivity index (χ2n) is 10.2. The molecular weight excluding hydrogens is 353 g/mol. The number of amides is 1. The van der Waals surface area contributed by atoms with Crippen molar-refractivity contribution in [2.24, 2.45) is 0 Å². The monoisotopic (exact) mass is 389 g/mol. The maximum absolute atomic E-state index is 12.6. The smallest absolute Gasteiger partial charge is 0.444 e. The summed E-state index contributed by atoms with van der Waals surface area (Å²) in [5.41, 5.74) is -0.507. The normalized spacial score (nSPS) is 20.5. The highest BCUT2D eigenvalue weighted by molar-refractivity contribution is 6.46. The molecule has 0 radical (unpaired) electrons. The summed E-state index contributed by atoms with van der Waals surface area (Å²) in [6.45, 7) is 16.5. The van der Waals surface area contributed by atoms with Gasteiger partial charge in [-0.15, -0.1) is 0 Å². The Labute approximate surface area is 170 Å². The Morgan fingerprint density at radius 3 is 2.00 bits per heavy atom. The molecule has 0 aromatic heterocycles. The Bertz CT molecular complexity index is 668. The zero-order chi connectivity index (χ0) is 21.4. The topological polar surface area (TPSA) is 48.0 Å². The lowest BCUT2D eigenvalue weighted by molar-refractivity contribution is 0.00578. The molecule has 1 atom stereocenters. The molecule has 5 nitrogen and oxygen atoms in total. The zero-order valence-electron chi connectivity index (χ0n) is 19.0. The Hall–Kier alpha value is -1.53. The van der Waals surface area contributed by atoms with E-state index in [-0.39, 0.29) is 29.8 Å². The Balaban J connectivity index is 2.24. The van der Waals surface area contributed by atoms with Crippen molar-refractivity contribution in [1.82, 2.24) is 4.90 Å². The Morgan fingerprint density at radius 2 is 1.54 bits per heavy atom. The van der Waals surface area contributed by atoms with Crippen LogP contribution in [-0.2, 0) is 19.5 Å². The van der Waals surface area contributed by atoms with Gasteiger partial charge in [-0.05, 0) is 60.3 Å². The van der Waals surface area contributed by atoms with Gasteiger partial charge in [-0.3, -0.25) is 0 Å². The van der Waals surface area contributed by atoms with Crippen LogP contribution in [-0.4, -0.2) is 48.5 Å². The highest BCUT2D eigenvalue weighted by Crippen LogP contribution is 2.41. The van der Waals surface area contributed by atoms with Gasteiger partial charge in [0.15, 0.2) is 0 Å². The lowest BCUT2D eigenvalue weighted by atomic mass is 9.65. The summed E-state index contributed by atoms with van der Waals surface area (Å²) in [5.74, 6) is 0. The Morgan fingerprint density at radius 1 is 1.04 bits per heavy atom. The SMILES string of the molecule is CN(C[C@@](C)(CB1OC(C)(C)C(C)(C)O1)c1ccccc1)C(=O)OC(C)(C)C. The standard InChI is InChI=1S/C22H36BNO4/c1-19(2,3)26-18(25)24(9)16-22(8,17-13-11-10-12-14-17)15-23-27-20(4,5)21(6,7)28-23/h10-14H,15-16H2,1-9H3/t22-/m1/s1. The summed E-state index contributed by atoms with van der Waals surface area (Å²) in [7, 11) is 1.43. The van der Waals surface area contributed by atoms with Crippen molar-refractivity contribution in [2.45, 2.75) is 83.9 Å². The van der Waals surface area contributed by atoms with Crippen LogP contribution in [0.3, 0.4) is 0 Å². The largest absolute Gasteiger partial charge is 0.458 e. The molecule has 0 saturated carbocycles. The average Bonchev–Trinajstić information content (AvgIpc) is 2.72. The summed E-state index contributed by atoms with van der Waals surface area (Å²) in [4.78, 5) is 14.2. The number of benzene rings is 1. The molecule has 0 aliphatic carbocycles. The minimum Gasteiger partial charge on any atom is -0.444 e. The van der Waals surface area contributed by atoms with Gasteiger partial charge in [0.05, 0.1) is 11.2 Å². The highest BCUT2D eigenvalue weighted by atomic mass is 16.7. The van der Waals surface area contributed by atoms with E-state index in [4.69, 9.17) is 14.0 Å². The van der Waals surface area contributed by atoms with Crippen molar-refractivity contribution >= 4 is 13.2 Å². The van der Waals surface area contributed by atoms with E-state index in [0.29, 0.717) is 12.9 Å². The van der Waals surface area contributed by atoms with Gasteiger partial charge in [0.1, 0.15) is 5.60 Å². The predicted molar refractivity (Wildman–Crippen MR) is 114 cm³/mol. The molecule has 1 aliphatic rings. The summed E-state index contributed by atoms with van der Waals surface area (Å²) in [6, 6.07) is 10.2. The van der Waals surface area contributed by atoms with Gasteiger partial charge >= 0.3 is 13.2 Å². The van der Waals surface area contributed by atoms with Crippen LogP contribution in [0.15, 0.2) is 30.3 Å². The van der Waals surface area contributed by atoms with Gasteiger partial charge in [0.2, 0.25) is 0 Å². The van der Waals surface area contributed by atoms with E-state index in [1.165, 1.54) is 0 Å². The highest BCUT2D eigenvalue weighted by Gasteiger charge is 2.53. The van der Waals surface area contributed by atoms with Crippen LogP contribution in [0.25, 0.3) is 0 Å². The maximum atomic E-state index is 12.6. The second-order valence-corrected chi connectivity index (χ2v) is 10.2. The molecule has 1 amide bonds. The van der Waals surface area contributed by atoms with Crippen LogP contribution < -0.4 is 0 Å². The van der Waals surface area contributed by atoms with E-state index in [1.807, 2.05) is 39.0 Å². The minimum absolute atomic E-state index is 0.330. The molecule has 0 spiro atoms. The fourth-order valence-electron chi connectivity index (χ4n) is 3.46. The summed E-state index contributed by atoms with van der Waals surface area (Å²) >= 11 is 0. The van der Waals surface area contributed by atoms with Crippen LogP contribution >= 0.6 is 0 Å². The number of hydrogen-bond acceptors (Lipinski definition) is 4. The first-order valence-electron chi connectivity index (χ1n) is 10.0. The fraction of sp³-hybridized carbons (Fsp3) is 0.682. The van der Waals surface area contributed by atoms with Crippen molar-refractivity contribution < 1.29 is 18.8 Å². The van der Waals surface area contributed by atoms with E-state index >= 15 is 0 Å². The number of carbonyl (C=O) groups is 1. The molecule has 0 unspecified atom stereocenters. The molecule has 1 heterocycles. The number of rotatable bonds is 5. The molecule has 0 bridgehead atoms. The Kier molecular flexibility index (Phi) is 6.27. The van der Waals surface area contributed by atoms with Crippen LogP contribution in [0.2, 0.25) is 6.32 Å². The molecule has 0 N–H and O–H groups in total. The number of likely N-dealkylation sites (N-methyl/N-ethyl adjacent to an activating group) is 1. The molecular formula is C22H36BNO4. The number of carbonyl (C=O) groups excluding carboxylic acids is 1. The average molecular weight is 389 g/mol. The van der Waals surface area contributed by atoms with Gasteiger partial charge in [0, 0.05) is 19.0 Å². The van der Waals surface area contributed by atoms with Crippen molar-refractivity contribution in [1.29, 1.82) is 0 Å². The number of hydrogen-bond donors (Lipinski definition) is 0. The molecule has 28 heavy (non-hydrogen) atoms. The van der Waals surface area contributed by atoms with E-state index in [2.05, 4.69) is 46.8 Å². The van der Waals surface area contributed by atoms with Crippen molar-refractivity contribution in [3.05, 3.63) is 35.9 Å². The van der Waals surface area contributed by atoms with Crippen molar-refractivity contribution in [3.8, 4) is 0 Å². The van der Waals surface area contributed by atoms with E-state index in [9.17, 15) is 4.79 Å². The van der Waals surface area contributed by atoms with Crippen molar-refractivity contribution in [3.63, 3.8) is 0 Å². The van der Waals surface area contributed by atoms with Gasteiger partial charge < -0.3 is 18.9 Å². The third-order valence-electron chi connectivity index (χ3n) is 5.68. The predicted octanol–water partition coefficient (Wildman–Crippen LogP) is 4.90. The van der Waals surface area contributed by atoms with Crippen LogP contribution in [0.1, 0.15) is 61.0 Å². The molecule has 156 valence electrons. The summed E-state index contributed by atoms with van der Waals surface area (Å²) in [5, 5.41) is 0. The lowest BCUT2D eigenvalue weighted by Gasteiger charge is -2.35. The molecule has 1 saturated heterocycles. The number of ether oxygens (including phenoxy) is 1. The van der Waals surface area contributed by atoms with Gasteiger partial charge in [-0.2, -0.15) is 0 Å². The fourth-order valence-corrected chi connectivity index (χ4v) is 3.46. The lowest BCUT2D eigenvalue weighted by Crippen LogP contribution is -2.44. The molecule has 1 aromatic rings. The minimum atomic E-state index is -0.528. The maximum Gasteiger partial charge on any atom is 0.458 e. The first-order valence-corrected chi connectivity index (χ1v) is 10.0. The molecule has 2 rings (SSSR count). The van der Waals surface area contributed by atoms with Gasteiger partial charge in [-0.25, -0.2) is 4.79 Å². The summed E-state index contributed by atoms with van der Waals surface area (Å²) in [6.07, 6.45) is 0.306. The van der Waals surface area contributed by atoms with Crippen LogP contribution in [0.5, 0.6) is 0 Å². The molecule has 1 aromatic carbocycles. The third-order valence-corrected chi connectivity index (χ3v) is 5.68. The molecule has 1 aliphatic heterocycles. The first-order chi connectivity index (χ1) is 12.7. The van der Waals surface area contributed by atoms with Crippen LogP contribution in [0, 0.1) is 0 Å². The van der Waals surface area contributed by atoms with Gasteiger partial charge in [-0.1, -0.05) is 37.3 Å².